The summed E-state index contributed by atoms with van der Waals surface area (Å²) >= 11 is 7.52. The molecule has 6 rings (SSSR count). The Morgan fingerprint density at radius 2 is 1.94 bits per heavy atom. The van der Waals surface area contributed by atoms with Crippen molar-refractivity contribution in [2.45, 2.75) is 18.7 Å². The maximum Gasteiger partial charge on any atom is 0.317 e. The van der Waals surface area contributed by atoms with Gasteiger partial charge in [-0.15, -0.1) is 0 Å². The van der Waals surface area contributed by atoms with Crippen LogP contribution in [0.1, 0.15) is 24.3 Å². The van der Waals surface area contributed by atoms with Gasteiger partial charge in [0.1, 0.15) is 23.2 Å². The number of halogens is 1. The van der Waals surface area contributed by atoms with Gasteiger partial charge in [-0.3, -0.25) is 14.2 Å². The van der Waals surface area contributed by atoms with Crippen LogP contribution >= 0.6 is 22.9 Å². The zero-order valence-corrected chi connectivity index (χ0v) is 20.3. The highest BCUT2D eigenvalue weighted by atomic mass is 35.5. The summed E-state index contributed by atoms with van der Waals surface area (Å²) in [7, 11) is 1.33. The molecule has 4 aromatic rings. The third kappa shape index (κ3) is 3.36. The van der Waals surface area contributed by atoms with Crippen LogP contribution in [0.25, 0.3) is 17.4 Å². The summed E-state index contributed by atoms with van der Waals surface area (Å²) in [6.07, 6.45) is 1.68. The maximum absolute atomic E-state index is 13.6. The lowest BCUT2D eigenvalue weighted by molar-refractivity contribution is -0.158. The van der Waals surface area contributed by atoms with Crippen molar-refractivity contribution >= 4 is 35.0 Å². The highest BCUT2D eigenvalue weighted by Crippen LogP contribution is 2.47. The van der Waals surface area contributed by atoms with Gasteiger partial charge in [-0.25, -0.2) is 4.99 Å². The third-order valence-corrected chi connectivity index (χ3v) is 7.69. The van der Waals surface area contributed by atoms with Crippen molar-refractivity contribution in [3.05, 3.63) is 96.7 Å². The Morgan fingerprint density at radius 3 is 2.74 bits per heavy atom. The molecule has 9 heteroatoms. The number of ether oxygens (including phenoxy) is 2. The molecule has 2 aliphatic rings. The van der Waals surface area contributed by atoms with Gasteiger partial charge in [-0.05, 0) is 37.3 Å². The molecule has 0 N–H and O–H groups in total. The molecular weight excluding hydrogens is 488 g/mol. The summed E-state index contributed by atoms with van der Waals surface area (Å²) in [5.41, 5.74) is 0.0364. The van der Waals surface area contributed by atoms with E-state index in [9.17, 15) is 9.59 Å². The summed E-state index contributed by atoms with van der Waals surface area (Å²) in [6.45, 7) is 1.75. The SMILES string of the molecule is COC(=O)C1C2c3ccccc3O[C@@]1(C)N=c1s/c(=C/c3ccc(-c4ccccc4Cl)o3)c(=O)n12. The standard InChI is InChI=1S/C26H19ClN2O5S/c1-26-21(24(31)32-2)22(16-8-4-6-10-19(16)34-26)29-23(30)20(35-25(29)28-26)13-14-11-12-18(33-14)15-7-3-5-9-17(15)27/h3-13,21-22H,1-2H3/b20-13+/t21?,22?,26-/m1/s1. The molecule has 35 heavy (non-hydrogen) atoms. The van der Waals surface area contributed by atoms with Crippen LogP contribution in [0.2, 0.25) is 5.02 Å². The predicted molar refractivity (Wildman–Crippen MR) is 131 cm³/mol. The average Bonchev–Trinajstić information content (AvgIpc) is 3.42. The smallest absolute Gasteiger partial charge is 0.317 e. The number of esters is 1. The molecule has 7 nitrogen and oxygen atoms in total. The summed E-state index contributed by atoms with van der Waals surface area (Å²) in [5, 5.41) is 0.576. The lowest BCUT2D eigenvalue weighted by Crippen LogP contribution is -2.58. The van der Waals surface area contributed by atoms with Gasteiger partial charge in [-0.2, -0.15) is 0 Å². The Hall–Kier alpha value is -3.62. The number of carbonyl (C=O) groups is 1. The number of nitrogens with zero attached hydrogens (tertiary/aromatic N) is 2. The van der Waals surface area contributed by atoms with E-state index in [2.05, 4.69) is 0 Å². The molecule has 4 heterocycles. The number of fused-ring (bicyclic) bond motifs is 6. The lowest BCUT2D eigenvalue weighted by atomic mass is 9.81. The Morgan fingerprint density at radius 1 is 1.17 bits per heavy atom. The molecule has 0 fully saturated rings. The molecule has 2 unspecified atom stereocenters. The van der Waals surface area contributed by atoms with E-state index < -0.39 is 23.7 Å². The van der Waals surface area contributed by atoms with Crippen LogP contribution in [0.4, 0.5) is 0 Å². The fraction of sp³-hybridized carbons (Fsp3) is 0.192. The van der Waals surface area contributed by atoms with E-state index in [-0.39, 0.29) is 5.56 Å². The number of hydrogen-bond acceptors (Lipinski definition) is 7. The number of benzene rings is 2. The Labute approximate surface area is 208 Å². The normalized spacial score (nSPS) is 22.5. The first-order valence-electron chi connectivity index (χ1n) is 10.9. The molecular formula is C26H19ClN2O5S. The van der Waals surface area contributed by atoms with Crippen molar-refractivity contribution in [2.24, 2.45) is 10.9 Å². The van der Waals surface area contributed by atoms with Gasteiger partial charge in [0.15, 0.2) is 4.80 Å². The molecule has 0 spiro atoms. The van der Waals surface area contributed by atoms with E-state index in [0.717, 1.165) is 11.1 Å². The summed E-state index contributed by atoms with van der Waals surface area (Å²) in [4.78, 5) is 31.7. The van der Waals surface area contributed by atoms with Crippen LogP contribution in [-0.2, 0) is 9.53 Å². The van der Waals surface area contributed by atoms with Crippen molar-refractivity contribution < 1.29 is 18.7 Å². The Kier molecular flexibility index (Phi) is 4.98. The zero-order valence-electron chi connectivity index (χ0n) is 18.7. The number of carbonyl (C=O) groups excluding carboxylic acids is 1. The molecule has 2 aromatic heterocycles. The fourth-order valence-electron chi connectivity index (χ4n) is 4.80. The summed E-state index contributed by atoms with van der Waals surface area (Å²) in [6, 6.07) is 17.8. The predicted octanol–water partition coefficient (Wildman–Crippen LogP) is 3.77. The fourth-order valence-corrected chi connectivity index (χ4v) is 6.10. The number of furan rings is 1. The first-order valence-corrected chi connectivity index (χ1v) is 12.1. The molecule has 0 aliphatic carbocycles. The zero-order chi connectivity index (χ0) is 24.3. The number of methoxy groups -OCH3 is 1. The second-order valence-electron chi connectivity index (χ2n) is 8.50. The minimum Gasteiger partial charge on any atom is -0.469 e. The van der Waals surface area contributed by atoms with Crippen LogP contribution in [-0.4, -0.2) is 23.4 Å². The first kappa shape index (κ1) is 21.9. The first-order chi connectivity index (χ1) is 16.9. The van der Waals surface area contributed by atoms with E-state index in [1.807, 2.05) is 48.5 Å². The number of rotatable bonds is 3. The highest BCUT2D eigenvalue weighted by molar-refractivity contribution is 7.07. The van der Waals surface area contributed by atoms with Gasteiger partial charge < -0.3 is 13.9 Å². The van der Waals surface area contributed by atoms with Crippen molar-refractivity contribution in [3.63, 3.8) is 0 Å². The number of hydrogen-bond donors (Lipinski definition) is 0. The second kappa shape index (κ2) is 7.96. The van der Waals surface area contributed by atoms with E-state index in [0.29, 0.717) is 31.6 Å². The number of para-hydroxylation sites is 1. The van der Waals surface area contributed by atoms with E-state index in [4.69, 9.17) is 30.5 Å². The molecule has 2 bridgehead atoms. The third-order valence-electron chi connectivity index (χ3n) is 6.37. The molecule has 176 valence electrons. The molecule has 2 aliphatic heterocycles. The minimum absolute atomic E-state index is 0.262. The van der Waals surface area contributed by atoms with Crippen molar-refractivity contribution in [1.29, 1.82) is 0 Å². The Balaban J connectivity index is 1.52. The second-order valence-corrected chi connectivity index (χ2v) is 9.92. The van der Waals surface area contributed by atoms with E-state index >= 15 is 0 Å². The van der Waals surface area contributed by atoms with Crippen LogP contribution < -0.4 is 19.6 Å². The number of aromatic nitrogens is 1. The maximum atomic E-state index is 13.6. The summed E-state index contributed by atoms with van der Waals surface area (Å²) < 4.78 is 19.3. The van der Waals surface area contributed by atoms with Gasteiger partial charge in [0.05, 0.1) is 22.7 Å². The molecule has 0 radical (unpaired) electrons. The molecule has 3 atom stereocenters. The van der Waals surface area contributed by atoms with Crippen molar-refractivity contribution in [3.8, 4) is 17.1 Å². The molecule has 2 aromatic carbocycles. The van der Waals surface area contributed by atoms with Crippen LogP contribution in [0, 0.1) is 5.92 Å². The largest absolute Gasteiger partial charge is 0.469 e. The van der Waals surface area contributed by atoms with Crippen molar-refractivity contribution in [2.75, 3.05) is 7.11 Å². The van der Waals surface area contributed by atoms with Crippen LogP contribution in [0.15, 0.2) is 74.9 Å². The van der Waals surface area contributed by atoms with Gasteiger partial charge in [-0.1, -0.05) is 53.3 Å². The monoisotopic (exact) mass is 506 g/mol. The van der Waals surface area contributed by atoms with Gasteiger partial charge >= 0.3 is 5.97 Å². The highest BCUT2D eigenvalue weighted by Gasteiger charge is 2.55. The van der Waals surface area contributed by atoms with Gasteiger partial charge in [0, 0.05) is 17.2 Å². The molecule has 0 saturated carbocycles. The van der Waals surface area contributed by atoms with E-state index in [1.165, 1.54) is 18.4 Å². The van der Waals surface area contributed by atoms with Crippen LogP contribution in [0.3, 0.4) is 0 Å². The lowest BCUT2D eigenvalue weighted by Gasteiger charge is -2.44. The van der Waals surface area contributed by atoms with Crippen LogP contribution in [0.5, 0.6) is 5.75 Å². The van der Waals surface area contributed by atoms with Gasteiger partial charge in [0.2, 0.25) is 5.72 Å². The summed E-state index contributed by atoms with van der Waals surface area (Å²) in [5.74, 6) is 0.399. The average molecular weight is 507 g/mol. The quantitative estimate of drug-likeness (QED) is 0.395. The molecule has 0 saturated heterocycles. The Bertz CT molecular complexity index is 1670. The topological polar surface area (TPSA) is 83.0 Å². The minimum atomic E-state index is -1.21. The van der Waals surface area contributed by atoms with E-state index in [1.54, 1.807) is 29.7 Å². The molecule has 0 amide bonds. The number of thiazole rings is 1. The van der Waals surface area contributed by atoms with Crippen molar-refractivity contribution in [1.82, 2.24) is 4.57 Å². The van der Waals surface area contributed by atoms with Gasteiger partial charge in [0.25, 0.3) is 5.56 Å².